The van der Waals surface area contributed by atoms with Crippen molar-refractivity contribution < 1.29 is 0 Å². The van der Waals surface area contributed by atoms with Crippen LogP contribution in [0.15, 0.2) is 18.5 Å². The number of aromatic nitrogens is 1. The summed E-state index contributed by atoms with van der Waals surface area (Å²) < 4.78 is 0. The lowest BCUT2D eigenvalue weighted by Gasteiger charge is -2.17. The van der Waals surface area contributed by atoms with Gasteiger partial charge in [0, 0.05) is 19.3 Å². The summed E-state index contributed by atoms with van der Waals surface area (Å²) in [6.07, 6.45) is 7.67. The van der Waals surface area contributed by atoms with Crippen LogP contribution in [-0.4, -0.2) is 18.1 Å². The molecule has 2 nitrogen and oxygen atoms in total. The number of pyridine rings is 1. The van der Waals surface area contributed by atoms with E-state index >= 15 is 0 Å². The highest BCUT2D eigenvalue weighted by atomic mass is 15.1. The van der Waals surface area contributed by atoms with E-state index in [1.165, 1.54) is 37.2 Å². The van der Waals surface area contributed by atoms with Crippen molar-refractivity contribution in [3.8, 4) is 0 Å². The van der Waals surface area contributed by atoms with E-state index in [1.54, 1.807) is 0 Å². The summed E-state index contributed by atoms with van der Waals surface area (Å²) in [4.78, 5) is 6.68. The van der Waals surface area contributed by atoms with E-state index in [9.17, 15) is 0 Å². The van der Waals surface area contributed by atoms with E-state index in [-0.39, 0.29) is 0 Å². The van der Waals surface area contributed by atoms with Gasteiger partial charge in [0.2, 0.25) is 0 Å². The van der Waals surface area contributed by atoms with Crippen molar-refractivity contribution in [2.24, 2.45) is 0 Å². The minimum absolute atomic E-state index is 1.08. The normalized spacial score (nSPS) is 16.5. The van der Waals surface area contributed by atoms with Gasteiger partial charge >= 0.3 is 0 Å². The Kier molecular flexibility index (Phi) is 2.48. The molecule has 0 bridgehead atoms. The van der Waals surface area contributed by atoms with Gasteiger partial charge in [-0.3, -0.25) is 4.98 Å². The third-order valence-electron chi connectivity index (χ3n) is 2.66. The molecule has 0 N–H and O–H groups in total. The minimum Gasteiger partial charge on any atom is -0.370 e. The van der Waals surface area contributed by atoms with E-state index in [1.807, 2.05) is 12.4 Å². The molecule has 0 aliphatic carbocycles. The Bertz CT molecular complexity index is 277. The Morgan fingerprint density at radius 3 is 2.77 bits per heavy atom. The summed E-state index contributed by atoms with van der Waals surface area (Å²) in [5.74, 6) is 0. The molecular formula is C11H16N2. The maximum absolute atomic E-state index is 4.26. The van der Waals surface area contributed by atoms with E-state index < -0.39 is 0 Å². The van der Waals surface area contributed by atoms with Crippen LogP contribution in [0.2, 0.25) is 0 Å². The van der Waals surface area contributed by atoms with Gasteiger partial charge in [0.1, 0.15) is 0 Å². The molecule has 1 aliphatic heterocycles. The van der Waals surface area contributed by atoms with Crippen molar-refractivity contribution in [3.63, 3.8) is 0 Å². The number of anilines is 1. The second kappa shape index (κ2) is 3.77. The zero-order valence-corrected chi connectivity index (χ0v) is 8.16. The Morgan fingerprint density at radius 1 is 1.31 bits per heavy atom. The van der Waals surface area contributed by atoms with Crippen molar-refractivity contribution in [3.05, 3.63) is 24.0 Å². The maximum atomic E-state index is 4.26. The van der Waals surface area contributed by atoms with Crippen molar-refractivity contribution >= 4 is 5.69 Å². The Balaban J connectivity index is 2.18. The molecule has 1 aromatic rings. The number of hydrogen-bond acceptors (Lipinski definition) is 2. The zero-order valence-electron chi connectivity index (χ0n) is 8.16. The number of aryl methyl sites for hydroxylation is 1. The van der Waals surface area contributed by atoms with Crippen molar-refractivity contribution in [1.82, 2.24) is 4.98 Å². The molecule has 1 aliphatic rings. The zero-order chi connectivity index (χ0) is 9.10. The molecule has 70 valence electrons. The van der Waals surface area contributed by atoms with Crippen molar-refractivity contribution in [2.45, 2.75) is 26.2 Å². The molecule has 1 saturated heterocycles. The molecule has 2 heteroatoms. The molecule has 0 amide bonds. The topological polar surface area (TPSA) is 16.1 Å². The molecular weight excluding hydrogens is 160 g/mol. The highest BCUT2D eigenvalue weighted by Crippen LogP contribution is 2.19. The quantitative estimate of drug-likeness (QED) is 0.687. The molecule has 2 heterocycles. The molecule has 2 rings (SSSR count). The molecule has 0 spiro atoms. The van der Waals surface area contributed by atoms with Gasteiger partial charge in [-0.05, 0) is 30.9 Å². The monoisotopic (exact) mass is 176 g/mol. The lowest BCUT2D eigenvalue weighted by molar-refractivity contribution is 0.949. The number of rotatable bonds is 2. The van der Waals surface area contributed by atoms with Gasteiger partial charge in [-0.2, -0.15) is 0 Å². The first kappa shape index (κ1) is 8.54. The van der Waals surface area contributed by atoms with Gasteiger partial charge in [0.25, 0.3) is 0 Å². The molecule has 1 fully saturated rings. The molecule has 13 heavy (non-hydrogen) atoms. The average Bonchev–Trinajstić information content (AvgIpc) is 2.71. The van der Waals surface area contributed by atoms with Crippen LogP contribution in [0.1, 0.15) is 25.3 Å². The Morgan fingerprint density at radius 2 is 2.08 bits per heavy atom. The molecule has 1 aromatic heterocycles. The predicted octanol–water partition coefficient (Wildman–Crippen LogP) is 2.24. The van der Waals surface area contributed by atoms with Crippen LogP contribution in [0.3, 0.4) is 0 Å². The second-order valence-electron chi connectivity index (χ2n) is 3.60. The van der Waals surface area contributed by atoms with E-state index in [0.29, 0.717) is 0 Å². The second-order valence-corrected chi connectivity index (χ2v) is 3.60. The predicted molar refractivity (Wildman–Crippen MR) is 55.1 cm³/mol. The third-order valence-corrected chi connectivity index (χ3v) is 2.66. The van der Waals surface area contributed by atoms with E-state index in [0.717, 1.165) is 6.42 Å². The van der Waals surface area contributed by atoms with Gasteiger partial charge in [-0.15, -0.1) is 0 Å². The van der Waals surface area contributed by atoms with Crippen LogP contribution in [-0.2, 0) is 6.42 Å². The minimum atomic E-state index is 1.08. The summed E-state index contributed by atoms with van der Waals surface area (Å²) in [5.41, 5.74) is 2.64. The highest BCUT2D eigenvalue weighted by molar-refractivity contribution is 5.46. The first-order valence-corrected chi connectivity index (χ1v) is 5.09. The van der Waals surface area contributed by atoms with Gasteiger partial charge in [-0.1, -0.05) is 6.92 Å². The van der Waals surface area contributed by atoms with Gasteiger partial charge in [-0.25, -0.2) is 0 Å². The smallest absolute Gasteiger partial charge is 0.0555 e. The SMILES string of the molecule is CCc1cncc(N2CCCC2)c1. The van der Waals surface area contributed by atoms with Gasteiger partial charge in [0.15, 0.2) is 0 Å². The van der Waals surface area contributed by atoms with Crippen LogP contribution >= 0.6 is 0 Å². The van der Waals surface area contributed by atoms with Crippen molar-refractivity contribution in [1.29, 1.82) is 0 Å². The summed E-state index contributed by atoms with van der Waals surface area (Å²) >= 11 is 0. The molecule has 0 aromatic carbocycles. The van der Waals surface area contributed by atoms with E-state index in [2.05, 4.69) is 22.9 Å². The standard InChI is InChI=1S/C11H16N2/c1-2-10-7-11(9-12-8-10)13-5-3-4-6-13/h7-9H,2-6H2,1H3. The fourth-order valence-corrected chi connectivity index (χ4v) is 1.82. The van der Waals surface area contributed by atoms with Gasteiger partial charge in [0.05, 0.1) is 11.9 Å². The molecule has 0 unspecified atom stereocenters. The van der Waals surface area contributed by atoms with Crippen LogP contribution in [0.25, 0.3) is 0 Å². The fraction of sp³-hybridized carbons (Fsp3) is 0.545. The lowest BCUT2D eigenvalue weighted by atomic mass is 10.2. The summed E-state index contributed by atoms with van der Waals surface area (Å²) in [6.45, 7) is 4.58. The van der Waals surface area contributed by atoms with Crippen LogP contribution < -0.4 is 4.90 Å². The van der Waals surface area contributed by atoms with Crippen LogP contribution in [0.5, 0.6) is 0 Å². The maximum Gasteiger partial charge on any atom is 0.0555 e. The summed E-state index contributed by atoms with van der Waals surface area (Å²) in [7, 11) is 0. The van der Waals surface area contributed by atoms with Crippen molar-refractivity contribution in [2.75, 3.05) is 18.0 Å². The molecule has 0 radical (unpaired) electrons. The summed E-state index contributed by atoms with van der Waals surface area (Å²) in [5, 5.41) is 0. The third kappa shape index (κ3) is 1.82. The number of hydrogen-bond donors (Lipinski definition) is 0. The number of nitrogens with zero attached hydrogens (tertiary/aromatic N) is 2. The molecule has 0 saturated carbocycles. The lowest BCUT2D eigenvalue weighted by Crippen LogP contribution is -2.17. The largest absolute Gasteiger partial charge is 0.370 e. The Labute approximate surface area is 79.6 Å². The highest BCUT2D eigenvalue weighted by Gasteiger charge is 2.12. The molecule has 0 atom stereocenters. The summed E-state index contributed by atoms with van der Waals surface area (Å²) in [6, 6.07) is 2.26. The van der Waals surface area contributed by atoms with Gasteiger partial charge < -0.3 is 4.90 Å². The fourth-order valence-electron chi connectivity index (χ4n) is 1.82. The Hall–Kier alpha value is -1.05. The average molecular weight is 176 g/mol. The first-order chi connectivity index (χ1) is 6.40. The van der Waals surface area contributed by atoms with Crippen LogP contribution in [0.4, 0.5) is 5.69 Å². The first-order valence-electron chi connectivity index (χ1n) is 5.09. The van der Waals surface area contributed by atoms with E-state index in [4.69, 9.17) is 0 Å². The van der Waals surface area contributed by atoms with Crippen LogP contribution in [0, 0.1) is 0 Å².